The summed E-state index contributed by atoms with van der Waals surface area (Å²) in [5.74, 6) is 0.196. The number of aromatic amines is 1. The lowest BCUT2D eigenvalue weighted by atomic mass is 10.3. The van der Waals surface area contributed by atoms with Crippen LogP contribution < -0.4 is 10.9 Å². The Morgan fingerprint density at radius 3 is 2.62 bits per heavy atom. The summed E-state index contributed by atoms with van der Waals surface area (Å²) < 4.78 is 19.8. The molecule has 0 amide bonds. The number of thioether (sulfide) groups is 1. The SMILES string of the molecule is CSc1nc(Nc2ccc(S(=O)O)cc2)[nH]c(=O)c1C#N. The number of hydrogen-bond acceptors (Lipinski definition) is 6. The van der Waals surface area contributed by atoms with E-state index in [0.29, 0.717) is 10.7 Å². The lowest BCUT2D eigenvalue weighted by Crippen LogP contribution is -2.15. The number of benzene rings is 1. The summed E-state index contributed by atoms with van der Waals surface area (Å²) in [4.78, 5) is 18.6. The summed E-state index contributed by atoms with van der Waals surface area (Å²) in [7, 11) is 0. The van der Waals surface area contributed by atoms with Gasteiger partial charge in [0.05, 0.1) is 4.90 Å². The first-order valence-electron chi connectivity index (χ1n) is 5.61. The van der Waals surface area contributed by atoms with Gasteiger partial charge in [-0.15, -0.1) is 11.8 Å². The van der Waals surface area contributed by atoms with Crippen molar-refractivity contribution in [2.24, 2.45) is 0 Å². The van der Waals surface area contributed by atoms with E-state index in [-0.39, 0.29) is 16.4 Å². The fraction of sp³-hybridized carbons (Fsp3) is 0.0833. The summed E-state index contributed by atoms with van der Waals surface area (Å²) in [5, 5.41) is 12.1. The Hall–Kier alpha value is -2.15. The molecule has 0 radical (unpaired) electrons. The molecule has 3 N–H and O–H groups in total. The number of H-pyrrole nitrogens is 1. The Balaban J connectivity index is 2.32. The fourth-order valence-electron chi connectivity index (χ4n) is 1.55. The van der Waals surface area contributed by atoms with Gasteiger partial charge in [0.1, 0.15) is 16.7 Å². The first kappa shape index (κ1) is 15.2. The van der Waals surface area contributed by atoms with Gasteiger partial charge in [-0.1, -0.05) is 0 Å². The molecular formula is C12H10N4O3S2. The fourth-order valence-corrected chi connectivity index (χ4v) is 2.44. The number of nitriles is 1. The molecule has 1 atom stereocenters. The standard InChI is InChI=1S/C12H10N4O3S2/c1-20-11-9(6-13)10(17)15-12(16-11)14-7-2-4-8(5-3-7)21(18)19/h2-5H,1H3,(H,18,19)(H2,14,15,16,17). The van der Waals surface area contributed by atoms with E-state index in [9.17, 15) is 9.00 Å². The van der Waals surface area contributed by atoms with E-state index in [1.165, 1.54) is 23.9 Å². The van der Waals surface area contributed by atoms with Crippen molar-refractivity contribution in [3.63, 3.8) is 0 Å². The van der Waals surface area contributed by atoms with Crippen LogP contribution in [0.15, 0.2) is 39.0 Å². The second-order valence-electron chi connectivity index (χ2n) is 3.81. The predicted molar refractivity (Wildman–Crippen MR) is 80.1 cm³/mol. The smallest absolute Gasteiger partial charge is 0.271 e. The molecule has 21 heavy (non-hydrogen) atoms. The zero-order valence-corrected chi connectivity index (χ0v) is 12.4. The molecule has 1 heterocycles. The highest BCUT2D eigenvalue weighted by atomic mass is 32.2. The number of nitrogens with one attached hydrogen (secondary N) is 2. The van der Waals surface area contributed by atoms with Gasteiger partial charge in [0, 0.05) is 5.69 Å². The third-order valence-electron chi connectivity index (χ3n) is 2.51. The molecule has 0 aliphatic carbocycles. The van der Waals surface area contributed by atoms with Crippen LogP contribution >= 0.6 is 11.8 Å². The first-order valence-corrected chi connectivity index (χ1v) is 7.94. The topological polar surface area (TPSA) is 119 Å². The summed E-state index contributed by atoms with van der Waals surface area (Å²) >= 11 is -0.839. The van der Waals surface area contributed by atoms with Gasteiger partial charge in [0.25, 0.3) is 5.56 Å². The molecule has 2 aromatic rings. The van der Waals surface area contributed by atoms with Crippen LogP contribution in [0.5, 0.6) is 0 Å². The van der Waals surface area contributed by atoms with E-state index in [0.717, 1.165) is 0 Å². The second kappa shape index (κ2) is 6.53. The van der Waals surface area contributed by atoms with Crippen LogP contribution in [-0.2, 0) is 11.1 Å². The van der Waals surface area contributed by atoms with Crippen LogP contribution in [-0.4, -0.2) is 25.0 Å². The lowest BCUT2D eigenvalue weighted by Gasteiger charge is -2.07. The number of anilines is 2. The van der Waals surface area contributed by atoms with Gasteiger partial charge in [-0.05, 0) is 30.5 Å². The molecule has 0 spiro atoms. The van der Waals surface area contributed by atoms with Crippen LogP contribution in [0.4, 0.5) is 11.6 Å². The van der Waals surface area contributed by atoms with Crippen molar-refractivity contribution in [3.05, 3.63) is 40.2 Å². The largest absolute Gasteiger partial charge is 0.326 e. The summed E-state index contributed by atoms with van der Waals surface area (Å²) in [6.45, 7) is 0. The Kier molecular flexibility index (Phi) is 4.74. The van der Waals surface area contributed by atoms with Gasteiger partial charge < -0.3 is 9.87 Å². The van der Waals surface area contributed by atoms with E-state index in [2.05, 4.69) is 15.3 Å². The molecule has 1 aromatic carbocycles. The third-order valence-corrected chi connectivity index (χ3v) is 3.87. The van der Waals surface area contributed by atoms with Gasteiger partial charge >= 0.3 is 0 Å². The van der Waals surface area contributed by atoms with Gasteiger partial charge in [-0.2, -0.15) is 5.26 Å². The Morgan fingerprint density at radius 1 is 1.43 bits per heavy atom. The monoisotopic (exact) mass is 322 g/mol. The normalized spacial score (nSPS) is 11.7. The van der Waals surface area contributed by atoms with Crippen LogP contribution in [0.1, 0.15) is 5.56 Å². The Bertz CT molecular complexity index is 781. The average Bonchev–Trinajstić information content (AvgIpc) is 2.47. The maximum atomic E-state index is 11.7. The van der Waals surface area contributed by atoms with Crippen molar-refractivity contribution in [2.75, 3.05) is 11.6 Å². The maximum absolute atomic E-state index is 11.7. The average molecular weight is 322 g/mol. The molecule has 0 bridgehead atoms. The van der Waals surface area contributed by atoms with Crippen molar-refractivity contribution in [1.29, 1.82) is 5.26 Å². The van der Waals surface area contributed by atoms with Crippen molar-refractivity contribution in [3.8, 4) is 6.07 Å². The number of aromatic nitrogens is 2. The van der Waals surface area contributed by atoms with Crippen molar-refractivity contribution >= 4 is 34.5 Å². The van der Waals surface area contributed by atoms with Crippen molar-refractivity contribution in [2.45, 2.75) is 9.92 Å². The summed E-state index contributed by atoms with van der Waals surface area (Å²) in [5.41, 5.74) is 0.0376. The second-order valence-corrected chi connectivity index (χ2v) is 5.57. The number of rotatable bonds is 4. The minimum Gasteiger partial charge on any atom is -0.326 e. The van der Waals surface area contributed by atoms with E-state index < -0.39 is 16.6 Å². The highest BCUT2D eigenvalue weighted by Crippen LogP contribution is 2.18. The lowest BCUT2D eigenvalue weighted by molar-refractivity contribution is 0.564. The van der Waals surface area contributed by atoms with Crippen molar-refractivity contribution in [1.82, 2.24) is 9.97 Å². The highest BCUT2D eigenvalue weighted by molar-refractivity contribution is 7.98. The highest BCUT2D eigenvalue weighted by Gasteiger charge is 2.10. The molecule has 0 aliphatic rings. The summed E-state index contributed by atoms with van der Waals surface area (Å²) in [6.07, 6.45) is 1.72. The van der Waals surface area contributed by atoms with Crippen LogP contribution in [0.2, 0.25) is 0 Å². The Labute approximate surface area is 126 Å². The molecule has 0 saturated carbocycles. The molecule has 108 valence electrons. The Morgan fingerprint density at radius 2 is 2.10 bits per heavy atom. The molecule has 0 fully saturated rings. The maximum Gasteiger partial charge on any atom is 0.271 e. The van der Waals surface area contributed by atoms with Gasteiger partial charge in [-0.25, -0.2) is 9.19 Å². The minimum absolute atomic E-state index is 0.0286. The molecule has 1 unspecified atom stereocenters. The zero-order chi connectivity index (χ0) is 15.4. The van der Waals surface area contributed by atoms with Crippen LogP contribution in [0.3, 0.4) is 0 Å². The molecule has 2 rings (SSSR count). The van der Waals surface area contributed by atoms with E-state index >= 15 is 0 Å². The zero-order valence-electron chi connectivity index (χ0n) is 10.8. The third kappa shape index (κ3) is 3.49. The number of hydrogen-bond donors (Lipinski definition) is 3. The van der Waals surface area contributed by atoms with E-state index in [1.807, 2.05) is 6.07 Å². The molecular weight excluding hydrogens is 312 g/mol. The van der Waals surface area contributed by atoms with E-state index in [1.54, 1.807) is 18.4 Å². The van der Waals surface area contributed by atoms with E-state index in [4.69, 9.17) is 9.81 Å². The van der Waals surface area contributed by atoms with Gasteiger partial charge in [0.2, 0.25) is 5.95 Å². The van der Waals surface area contributed by atoms with Crippen LogP contribution in [0, 0.1) is 11.3 Å². The minimum atomic E-state index is -2.04. The molecule has 1 aromatic heterocycles. The first-order chi connectivity index (χ1) is 10.0. The summed E-state index contributed by atoms with van der Waals surface area (Å²) in [6, 6.07) is 7.94. The number of nitrogens with zero attached hydrogens (tertiary/aromatic N) is 2. The van der Waals surface area contributed by atoms with Crippen molar-refractivity contribution < 1.29 is 8.76 Å². The van der Waals surface area contributed by atoms with Gasteiger partial charge in [-0.3, -0.25) is 9.78 Å². The quantitative estimate of drug-likeness (QED) is 0.445. The molecule has 9 heteroatoms. The van der Waals surface area contributed by atoms with Gasteiger partial charge in [0.15, 0.2) is 11.1 Å². The molecule has 7 nitrogen and oxygen atoms in total. The predicted octanol–water partition coefficient (Wildman–Crippen LogP) is 1.69. The van der Waals surface area contributed by atoms with Crippen LogP contribution in [0.25, 0.3) is 0 Å². The molecule has 0 saturated heterocycles. The molecule has 0 aliphatic heterocycles.